The Kier molecular flexibility index (Phi) is 2.87. The zero-order chi connectivity index (χ0) is 11.5. The molecule has 0 bridgehead atoms. The summed E-state index contributed by atoms with van der Waals surface area (Å²) >= 11 is 1.16. The lowest BCUT2D eigenvalue weighted by Gasteiger charge is -2.14. The Morgan fingerprint density at radius 2 is 2.06 bits per heavy atom. The van der Waals surface area contributed by atoms with Gasteiger partial charge in [-0.05, 0) is 12.1 Å². The molecular formula is C11H10N2O2S. The van der Waals surface area contributed by atoms with Crippen molar-refractivity contribution in [1.82, 2.24) is 4.98 Å². The van der Waals surface area contributed by atoms with Crippen LogP contribution < -0.4 is 4.90 Å². The number of hydrogen-bond acceptors (Lipinski definition) is 4. The van der Waals surface area contributed by atoms with Gasteiger partial charge in [-0.25, -0.2) is 9.78 Å². The molecule has 2 aromatic rings. The van der Waals surface area contributed by atoms with E-state index in [1.165, 1.54) is 6.20 Å². The minimum Gasteiger partial charge on any atom is -0.477 e. The lowest BCUT2D eigenvalue weighted by atomic mass is 10.3. The molecule has 1 N–H and O–H groups in total. The first-order valence-corrected chi connectivity index (χ1v) is 5.48. The van der Waals surface area contributed by atoms with Crippen LogP contribution in [-0.2, 0) is 0 Å². The van der Waals surface area contributed by atoms with Crippen LogP contribution in [0, 0.1) is 0 Å². The first kappa shape index (κ1) is 10.6. The molecule has 1 aromatic heterocycles. The van der Waals surface area contributed by atoms with Crippen molar-refractivity contribution in [3.63, 3.8) is 0 Å². The number of aromatic carboxylic acids is 1. The van der Waals surface area contributed by atoms with Crippen LogP contribution in [0.3, 0.4) is 0 Å². The van der Waals surface area contributed by atoms with Crippen molar-refractivity contribution in [2.24, 2.45) is 0 Å². The molecule has 0 fully saturated rings. The molecule has 1 heterocycles. The normalized spacial score (nSPS) is 10.1. The minimum atomic E-state index is -0.940. The van der Waals surface area contributed by atoms with E-state index in [2.05, 4.69) is 4.98 Å². The van der Waals surface area contributed by atoms with E-state index in [4.69, 9.17) is 5.11 Å². The zero-order valence-electron chi connectivity index (χ0n) is 8.62. The number of carboxylic acids is 1. The van der Waals surface area contributed by atoms with Gasteiger partial charge in [0.25, 0.3) is 0 Å². The number of hydrogen-bond donors (Lipinski definition) is 1. The number of thiazole rings is 1. The number of anilines is 2. The van der Waals surface area contributed by atoms with Gasteiger partial charge < -0.3 is 10.0 Å². The molecule has 0 radical (unpaired) electrons. The van der Waals surface area contributed by atoms with Crippen LogP contribution in [0.15, 0.2) is 36.5 Å². The minimum absolute atomic E-state index is 0.248. The van der Waals surface area contributed by atoms with Gasteiger partial charge in [-0.15, -0.1) is 0 Å². The van der Waals surface area contributed by atoms with Crippen molar-refractivity contribution in [2.75, 3.05) is 11.9 Å². The molecule has 2 rings (SSSR count). The molecule has 0 spiro atoms. The molecule has 0 atom stereocenters. The molecule has 0 aliphatic carbocycles. The Bertz CT molecular complexity index is 496. The number of benzene rings is 1. The van der Waals surface area contributed by atoms with E-state index in [9.17, 15) is 4.79 Å². The van der Waals surface area contributed by atoms with Crippen molar-refractivity contribution in [3.05, 3.63) is 41.4 Å². The molecule has 4 nitrogen and oxygen atoms in total. The first-order valence-electron chi connectivity index (χ1n) is 4.66. The summed E-state index contributed by atoms with van der Waals surface area (Å²) in [5.74, 6) is -0.940. The van der Waals surface area contributed by atoms with E-state index in [1.807, 2.05) is 42.3 Å². The Labute approximate surface area is 96.8 Å². The van der Waals surface area contributed by atoms with Crippen molar-refractivity contribution in [2.45, 2.75) is 0 Å². The number of aromatic nitrogens is 1. The predicted octanol–water partition coefficient (Wildman–Crippen LogP) is 2.61. The molecule has 0 aliphatic heterocycles. The van der Waals surface area contributed by atoms with E-state index < -0.39 is 5.97 Å². The second-order valence-electron chi connectivity index (χ2n) is 3.21. The SMILES string of the molecule is CN(c1ccccc1)c1ncc(C(=O)O)s1. The highest BCUT2D eigenvalue weighted by atomic mass is 32.1. The van der Waals surface area contributed by atoms with Crippen LogP contribution in [0.1, 0.15) is 9.67 Å². The van der Waals surface area contributed by atoms with Crippen LogP contribution in [0.25, 0.3) is 0 Å². The fourth-order valence-corrected chi connectivity index (χ4v) is 2.02. The van der Waals surface area contributed by atoms with Crippen molar-refractivity contribution >= 4 is 28.1 Å². The van der Waals surface area contributed by atoms with Crippen molar-refractivity contribution in [1.29, 1.82) is 0 Å². The molecule has 0 amide bonds. The second kappa shape index (κ2) is 4.32. The van der Waals surface area contributed by atoms with Crippen molar-refractivity contribution < 1.29 is 9.90 Å². The van der Waals surface area contributed by atoms with E-state index in [0.29, 0.717) is 5.13 Å². The third-order valence-corrected chi connectivity index (χ3v) is 3.20. The number of nitrogens with zero attached hydrogens (tertiary/aromatic N) is 2. The summed E-state index contributed by atoms with van der Waals surface area (Å²) in [5.41, 5.74) is 0.980. The number of carboxylic acid groups (broad SMARTS) is 1. The Balaban J connectivity index is 2.27. The highest BCUT2D eigenvalue weighted by Crippen LogP contribution is 2.27. The zero-order valence-corrected chi connectivity index (χ0v) is 9.44. The number of carbonyl (C=O) groups is 1. The fraction of sp³-hybridized carbons (Fsp3) is 0.0909. The van der Waals surface area contributed by atoms with E-state index in [1.54, 1.807) is 0 Å². The summed E-state index contributed by atoms with van der Waals surface area (Å²) in [6.45, 7) is 0. The summed E-state index contributed by atoms with van der Waals surface area (Å²) in [6.07, 6.45) is 1.38. The highest BCUT2D eigenvalue weighted by Gasteiger charge is 2.12. The maximum Gasteiger partial charge on any atom is 0.347 e. The van der Waals surface area contributed by atoms with E-state index in [-0.39, 0.29) is 4.88 Å². The molecule has 82 valence electrons. The number of para-hydroxylation sites is 1. The molecule has 0 unspecified atom stereocenters. The molecule has 0 aliphatic rings. The van der Waals surface area contributed by atoms with Gasteiger partial charge >= 0.3 is 5.97 Å². The summed E-state index contributed by atoms with van der Waals surface area (Å²) < 4.78 is 0. The highest BCUT2D eigenvalue weighted by molar-refractivity contribution is 7.17. The largest absolute Gasteiger partial charge is 0.477 e. The van der Waals surface area contributed by atoms with Crippen LogP contribution >= 0.6 is 11.3 Å². The Morgan fingerprint density at radius 3 is 2.62 bits per heavy atom. The molecule has 0 saturated carbocycles. The summed E-state index contributed by atoms with van der Waals surface area (Å²) in [4.78, 5) is 16.9. The van der Waals surface area contributed by atoms with Crippen LogP contribution in [-0.4, -0.2) is 23.1 Å². The number of rotatable bonds is 3. The third kappa shape index (κ3) is 2.04. The van der Waals surface area contributed by atoms with Crippen LogP contribution in [0.4, 0.5) is 10.8 Å². The summed E-state index contributed by atoms with van der Waals surface area (Å²) in [7, 11) is 1.86. The molecular weight excluding hydrogens is 224 g/mol. The lowest BCUT2D eigenvalue weighted by Crippen LogP contribution is -2.08. The quantitative estimate of drug-likeness (QED) is 0.887. The van der Waals surface area contributed by atoms with Crippen LogP contribution in [0.2, 0.25) is 0 Å². The maximum atomic E-state index is 10.7. The van der Waals surface area contributed by atoms with Gasteiger partial charge in [0.2, 0.25) is 0 Å². The summed E-state index contributed by atoms with van der Waals surface area (Å²) in [5, 5.41) is 9.47. The molecule has 5 heteroatoms. The summed E-state index contributed by atoms with van der Waals surface area (Å²) in [6, 6.07) is 9.68. The van der Waals surface area contributed by atoms with Gasteiger partial charge in [-0.2, -0.15) is 0 Å². The first-order chi connectivity index (χ1) is 7.68. The van der Waals surface area contributed by atoms with Gasteiger partial charge in [0, 0.05) is 12.7 Å². The third-order valence-electron chi connectivity index (χ3n) is 2.13. The average molecular weight is 234 g/mol. The van der Waals surface area contributed by atoms with Gasteiger partial charge in [-0.3, -0.25) is 0 Å². The monoisotopic (exact) mass is 234 g/mol. The predicted molar refractivity (Wildman–Crippen MR) is 63.6 cm³/mol. The fourth-order valence-electron chi connectivity index (χ4n) is 1.28. The maximum absolute atomic E-state index is 10.7. The average Bonchev–Trinajstić information content (AvgIpc) is 2.78. The van der Waals surface area contributed by atoms with E-state index >= 15 is 0 Å². The molecule has 0 saturated heterocycles. The van der Waals surface area contributed by atoms with Crippen molar-refractivity contribution in [3.8, 4) is 0 Å². The standard InChI is InChI=1S/C11H10N2O2S/c1-13(8-5-3-2-4-6-8)11-12-7-9(16-11)10(14)15/h2-7H,1H3,(H,14,15). The second-order valence-corrected chi connectivity index (χ2v) is 4.22. The smallest absolute Gasteiger partial charge is 0.347 e. The molecule has 16 heavy (non-hydrogen) atoms. The van der Waals surface area contributed by atoms with E-state index in [0.717, 1.165) is 17.0 Å². The molecule has 1 aromatic carbocycles. The topological polar surface area (TPSA) is 53.4 Å². The van der Waals surface area contributed by atoms with Gasteiger partial charge in [0.1, 0.15) is 4.88 Å². The lowest BCUT2D eigenvalue weighted by molar-refractivity contribution is 0.0702. The van der Waals surface area contributed by atoms with Crippen LogP contribution in [0.5, 0.6) is 0 Å². The van der Waals surface area contributed by atoms with Gasteiger partial charge in [0.15, 0.2) is 5.13 Å². The van der Waals surface area contributed by atoms with Gasteiger partial charge in [-0.1, -0.05) is 29.5 Å². The van der Waals surface area contributed by atoms with Gasteiger partial charge in [0.05, 0.1) is 6.20 Å². The Morgan fingerprint density at radius 1 is 1.38 bits per heavy atom. The Hall–Kier alpha value is -1.88.